The molecule has 0 aromatic heterocycles. The third-order valence-corrected chi connectivity index (χ3v) is 2.26. The van der Waals surface area contributed by atoms with E-state index in [9.17, 15) is 0 Å². The minimum absolute atomic E-state index is 0.188. The first kappa shape index (κ1) is 10.7. The Kier molecular flexibility index (Phi) is 8.40. The summed E-state index contributed by atoms with van der Waals surface area (Å²) < 4.78 is 5.40. The molecule has 0 heterocycles. The molecule has 0 spiro atoms. The molecular weight excluding hydrogens is 215 g/mol. The average Bonchev–Trinajstić information content (AvgIpc) is 1.99. The van der Waals surface area contributed by atoms with Gasteiger partial charge in [0.25, 0.3) is 0 Å². The van der Waals surface area contributed by atoms with Gasteiger partial charge in [-0.25, -0.2) is 0 Å². The molecule has 0 aliphatic heterocycles. The summed E-state index contributed by atoms with van der Waals surface area (Å²) in [6.07, 6.45) is 2.49. The molecule has 0 bridgehead atoms. The molecule has 0 saturated heterocycles. The van der Waals surface area contributed by atoms with Crippen LogP contribution in [0.1, 0.15) is 19.8 Å². The summed E-state index contributed by atoms with van der Waals surface area (Å²) in [6.45, 7) is 2.98. The van der Waals surface area contributed by atoms with Crippen LogP contribution in [-0.4, -0.2) is 23.9 Å². The van der Waals surface area contributed by atoms with Crippen LogP contribution in [0.15, 0.2) is 0 Å². The highest BCUT2D eigenvalue weighted by molar-refractivity contribution is 9.09. The smallest absolute Gasteiger partial charge is 0.0806 e. The molecule has 1 nitrogen and oxygen atoms in total. The summed E-state index contributed by atoms with van der Waals surface area (Å²) in [5, 5.41) is 0.834. The van der Waals surface area contributed by atoms with Crippen molar-refractivity contribution >= 4 is 27.5 Å². The molecule has 1 unspecified atom stereocenters. The third-order valence-electron chi connectivity index (χ3n) is 1.20. The fourth-order valence-electron chi connectivity index (χ4n) is 0.525. The van der Waals surface area contributed by atoms with E-state index in [1.807, 2.05) is 0 Å². The second-order valence-corrected chi connectivity index (χ2v) is 3.11. The lowest BCUT2D eigenvalue weighted by Crippen LogP contribution is -2.16. The Morgan fingerprint density at radius 2 is 2.30 bits per heavy atom. The lowest BCUT2D eigenvalue weighted by Gasteiger charge is -2.10. The molecule has 0 amide bonds. The van der Waals surface area contributed by atoms with E-state index in [2.05, 4.69) is 22.9 Å². The van der Waals surface area contributed by atoms with E-state index in [0.717, 1.165) is 18.4 Å². The fraction of sp³-hybridized carbons (Fsp3) is 1.00. The summed E-state index contributed by atoms with van der Waals surface area (Å²) in [5.41, 5.74) is 0. The summed E-state index contributed by atoms with van der Waals surface area (Å²) in [7, 11) is 0. The van der Waals surface area contributed by atoms with E-state index < -0.39 is 0 Å². The predicted octanol–water partition coefficient (Wildman–Crippen LogP) is 2.81. The molecule has 0 aromatic carbocycles. The minimum Gasteiger partial charge on any atom is -0.376 e. The maximum Gasteiger partial charge on any atom is 0.0806 e. The zero-order valence-corrected chi connectivity index (χ0v) is 8.62. The Balaban J connectivity index is 3.09. The van der Waals surface area contributed by atoms with Crippen molar-refractivity contribution in [1.82, 2.24) is 0 Å². The van der Waals surface area contributed by atoms with Crippen LogP contribution in [0.5, 0.6) is 0 Å². The minimum atomic E-state index is 0.188. The number of hydrogen-bond donors (Lipinski definition) is 0. The summed E-state index contributed by atoms with van der Waals surface area (Å²) in [5.74, 6) is 0.578. The van der Waals surface area contributed by atoms with Crippen LogP contribution in [0.2, 0.25) is 0 Å². The number of unbranched alkanes of at least 4 members (excludes halogenated alkanes) is 1. The molecule has 0 fully saturated rings. The fourth-order valence-corrected chi connectivity index (χ4v) is 1.40. The Labute approximate surface area is 76.2 Å². The quantitative estimate of drug-likeness (QED) is 0.503. The third kappa shape index (κ3) is 5.51. The van der Waals surface area contributed by atoms with Crippen molar-refractivity contribution in [1.29, 1.82) is 0 Å². The average molecular weight is 230 g/mol. The molecule has 0 rings (SSSR count). The van der Waals surface area contributed by atoms with Crippen molar-refractivity contribution in [2.75, 3.05) is 17.8 Å². The second kappa shape index (κ2) is 7.83. The molecule has 0 aliphatic carbocycles. The normalized spacial score (nSPS) is 13.5. The Morgan fingerprint density at radius 1 is 1.60 bits per heavy atom. The summed E-state index contributed by atoms with van der Waals surface area (Å²) in [4.78, 5) is 0. The molecule has 0 radical (unpaired) electrons. The predicted molar refractivity (Wildman–Crippen MR) is 49.2 cm³/mol. The number of hydrogen-bond acceptors (Lipinski definition) is 1. The van der Waals surface area contributed by atoms with Gasteiger partial charge in [-0.2, -0.15) is 0 Å². The summed E-state index contributed by atoms with van der Waals surface area (Å²) in [6, 6.07) is 0. The second-order valence-electron chi connectivity index (χ2n) is 2.15. The molecule has 0 saturated carbocycles. The summed E-state index contributed by atoms with van der Waals surface area (Å²) >= 11 is 8.91. The number of rotatable bonds is 6. The standard InChI is InChI=1S/C7H14BrClO/c1-2-3-4-10-7(5-8)6-9/h7H,2-6H2,1H3. The van der Waals surface area contributed by atoms with E-state index in [0.29, 0.717) is 5.88 Å². The van der Waals surface area contributed by atoms with Crippen molar-refractivity contribution < 1.29 is 4.74 Å². The van der Waals surface area contributed by atoms with Crippen molar-refractivity contribution in [3.63, 3.8) is 0 Å². The van der Waals surface area contributed by atoms with Crippen molar-refractivity contribution in [3.05, 3.63) is 0 Å². The number of ether oxygens (including phenoxy) is 1. The topological polar surface area (TPSA) is 9.23 Å². The molecule has 3 heteroatoms. The Morgan fingerprint density at radius 3 is 2.70 bits per heavy atom. The SMILES string of the molecule is CCCCOC(CCl)CBr. The van der Waals surface area contributed by atoms with Crippen molar-refractivity contribution in [2.24, 2.45) is 0 Å². The van der Waals surface area contributed by atoms with Gasteiger partial charge in [-0.3, -0.25) is 0 Å². The van der Waals surface area contributed by atoms with E-state index in [-0.39, 0.29) is 6.10 Å². The van der Waals surface area contributed by atoms with Crippen LogP contribution in [0.25, 0.3) is 0 Å². The first-order chi connectivity index (χ1) is 4.85. The van der Waals surface area contributed by atoms with Crippen molar-refractivity contribution in [3.8, 4) is 0 Å². The Bertz CT molecular complexity index is 66.6. The van der Waals surface area contributed by atoms with E-state index in [4.69, 9.17) is 16.3 Å². The first-order valence-corrected chi connectivity index (χ1v) is 5.24. The molecule has 0 N–H and O–H groups in total. The maximum atomic E-state index is 5.59. The molecule has 10 heavy (non-hydrogen) atoms. The molecule has 0 aromatic rings. The van der Waals surface area contributed by atoms with Crippen LogP contribution >= 0.6 is 27.5 Å². The highest BCUT2D eigenvalue weighted by atomic mass is 79.9. The molecule has 62 valence electrons. The number of halogens is 2. The van der Waals surface area contributed by atoms with Gasteiger partial charge < -0.3 is 4.74 Å². The maximum absolute atomic E-state index is 5.59. The highest BCUT2D eigenvalue weighted by Crippen LogP contribution is 2.01. The van der Waals surface area contributed by atoms with E-state index in [1.54, 1.807) is 0 Å². The van der Waals surface area contributed by atoms with Crippen LogP contribution < -0.4 is 0 Å². The van der Waals surface area contributed by atoms with Crippen LogP contribution in [0, 0.1) is 0 Å². The van der Waals surface area contributed by atoms with Gasteiger partial charge in [0.15, 0.2) is 0 Å². The van der Waals surface area contributed by atoms with Gasteiger partial charge in [-0.1, -0.05) is 29.3 Å². The zero-order valence-electron chi connectivity index (χ0n) is 6.28. The highest BCUT2D eigenvalue weighted by Gasteiger charge is 2.03. The van der Waals surface area contributed by atoms with E-state index >= 15 is 0 Å². The first-order valence-electron chi connectivity index (χ1n) is 3.58. The van der Waals surface area contributed by atoms with Crippen LogP contribution in [-0.2, 0) is 4.74 Å². The van der Waals surface area contributed by atoms with Crippen LogP contribution in [0.4, 0.5) is 0 Å². The van der Waals surface area contributed by atoms with E-state index in [1.165, 1.54) is 6.42 Å². The van der Waals surface area contributed by atoms with Gasteiger partial charge in [-0.05, 0) is 6.42 Å². The monoisotopic (exact) mass is 228 g/mol. The largest absolute Gasteiger partial charge is 0.376 e. The van der Waals surface area contributed by atoms with Gasteiger partial charge in [-0.15, -0.1) is 11.6 Å². The molecule has 1 atom stereocenters. The van der Waals surface area contributed by atoms with Gasteiger partial charge in [0.1, 0.15) is 0 Å². The Hall–Kier alpha value is 0.730. The van der Waals surface area contributed by atoms with Crippen LogP contribution in [0.3, 0.4) is 0 Å². The van der Waals surface area contributed by atoms with Gasteiger partial charge in [0.05, 0.1) is 6.10 Å². The lowest BCUT2D eigenvalue weighted by atomic mass is 10.3. The van der Waals surface area contributed by atoms with Crippen molar-refractivity contribution in [2.45, 2.75) is 25.9 Å². The van der Waals surface area contributed by atoms with Gasteiger partial charge in [0.2, 0.25) is 0 Å². The molecular formula is C7H14BrClO. The zero-order chi connectivity index (χ0) is 7.82. The number of alkyl halides is 2. The molecule has 0 aliphatic rings. The van der Waals surface area contributed by atoms with Gasteiger partial charge in [0, 0.05) is 17.8 Å². The van der Waals surface area contributed by atoms with Gasteiger partial charge >= 0.3 is 0 Å². The lowest BCUT2D eigenvalue weighted by molar-refractivity contribution is 0.0827.